The molecular formula is C13H13NO4. The predicted octanol–water partition coefficient (Wildman–Crippen LogP) is 1.36. The second-order valence-corrected chi connectivity index (χ2v) is 4.04. The van der Waals surface area contributed by atoms with Gasteiger partial charge in [0.2, 0.25) is 0 Å². The number of benzene rings is 1. The minimum atomic E-state index is -0.471. The van der Waals surface area contributed by atoms with Gasteiger partial charge in [-0.1, -0.05) is 18.2 Å². The van der Waals surface area contributed by atoms with Gasteiger partial charge in [-0.15, -0.1) is 5.06 Å². The molecule has 0 aliphatic rings. The van der Waals surface area contributed by atoms with Gasteiger partial charge in [-0.05, 0) is 11.6 Å². The molecular weight excluding hydrogens is 234 g/mol. The second kappa shape index (κ2) is 5.01. The first-order valence-electron chi connectivity index (χ1n) is 5.46. The number of carbonyl (C=O) groups excluding carboxylic acids is 1. The van der Waals surface area contributed by atoms with Crippen LogP contribution in [-0.4, -0.2) is 25.1 Å². The Morgan fingerprint density at radius 2 is 2.06 bits per heavy atom. The molecule has 2 rings (SSSR count). The van der Waals surface area contributed by atoms with Gasteiger partial charge in [0, 0.05) is 25.5 Å². The van der Waals surface area contributed by atoms with Gasteiger partial charge in [-0.2, -0.15) is 0 Å². The SMILES string of the molecule is CN(C)OC(=O)Cc1cc(=O)oc2ccccc12. The summed E-state index contributed by atoms with van der Waals surface area (Å²) in [7, 11) is 3.24. The maximum absolute atomic E-state index is 11.6. The summed E-state index contributed by atoms with van der Waals surface area (Å²) in [5, 5.41) is 2.06. The molecule has 0 saturated carbocycles. The molecule has 0 amide bonds. The number of nitrogens with zero attached hydrogens (tertiary/aromatic N) is 1. The lowest BCUT2D eigenvalue weighted by Crippen LogP contribution is -2.20. The molecule has 0 saturated heterocycles. The highest BCUT2D eigenvalue weighted by Crippen LogP contribution is 2.17. The second-order valence-electron chi connectivity index (χ2n) is 4.04. The standard InChI is InChI=1S/C13H13NO4/c1-14(2)18-13(16)8-9-7-12(15)17-11-6-4-3-5-10(9)11/h3-7H,8H2,1-2H3. The number of hydrogen-bond donors (Lipinski definition) is 0. The molecule has 0 fully saturated rings. The lowest BCUT2D eigenvalue weighted by molar-refractivity contribution is -0.177. The molecule has 0 unspecified atom stereocenters. The first-order valence-corrected chi connectivity index (χ1v) is 5.46. The number of rotatable bonds is 3. The highest BCUT2D eigenvalue weighted by molar-refractivity contribution is 5.84. The molecule has 0 aliphatic carbocycles. The fraction of sp³-hybridized carbons (Fsp3) is 0.231. The molecule has 5 heteroatoms. The largest absolute Gasteiger partial charge is 0.423 e. The van der Waals surface area contributed by atoms with Crippen LogP contribution in [0.5, 0.6) is 0 Å². The molecule has 0 atom stereocenters. The summed E-state index contributed by atoms with van der Waals surface area (Å²) in [4.78, 5) is 27.9. The van der Waals surface area contributed by atoms with E-state index in [0.717, 1.165) is 5.39 Å². The van der Waals surface area contributed by atoms with Gasteiger partial charge in [0.1, 0.15) is 5.58 Å². The summed E-state index contributed by atoms with van der Waals surface area (Å²) in [6, 6.07) is 8.41. The van der Waals surface area contributed by atoms with Crippen molar-refractivity contribution >= 4 is 16.9 Å². The highest BCUT2D eigenvalue weighted by atomic mass is 16.7. The van der Waals surface area contributed by atoms with Gasteiger partial charge in [0.05, 0.1) is 6.42 Å². The van der Waals surface area contributed by atoms with E-state index >= 15 is 0 Å². The summed E-state index contributed by atoms with van der Waals surface area (Å²) < 4.78 is 5.05. The lowest BCUT2D eigenvalue weighted by Gasteiger charge is -2.10. The number of carbonyl (C=O) groups is 1. The van der Waals surface area contributed by atoms with E-state index in [-0.39, 0.29) is 6.42 Å². The van der Waals surface area contributed by atoms with Gasteiger partial charge >= 0.3 is 11.6 Å². The van der Waals surface area contributed by atoms with Gasteiger partial charge in [-0.3, -0.25) is 0 Å². The van der Waals surface area contributed by atoms with Crippen molar-refractivity contribution in [3.05, 3.63) is 46.3 Å². The molecule has 5 nitrogen and oxygen atoms in total. The topological polar surface area (TPSA) is 59.8 Å². The first kappa shape index (κ1) is 12.3. The monoisotopic (exact) mass is 247 g/mol. The predicted molar refractivity (Wildman–Crippen MR) is 66.0 cm³/mol. The van der Waals surface area contributed by atoms with Crippen LogP contribution in [0.1, 0.15) is 5.56 Å². The summed E-state index contributed by atoms with van der Waals surface area (Å²) in [6.07, 6.45) is 0.0320. The number of fused-ring (bicyclic) bond motifs is 1. The third kappa shape index (κ3) is 2.75. The molecule has 0 bridgehead atoms. The average molecular weight is 247 g/mol. The Morgan fingerprint density at radius 1 is 1.33 bits per heavy atom. The number of hydrogen-bond acceptors (Lipinski definition) is 5. The molecule has 0 N–H and O–H groups in total. The van der Waals surface area contributed by atoms with Crippen molar-refractivity contribution in [2.24, 2.45) is 0 Å². The van der Waals surface area contributed by atoms with Crippen LogP contribution in [0.4, 0.5) is 0 Å². The van der Waals surface area contributed by atoms with E-state index in [4.69, 9.17) is 9.25 Å². The van der Waals surface area contributed by atoms with Crippen molar-refractivity contribution in [2.75, 3.05) is 14.1 Å². The van der Waals surface area contributed by atoms with E-state index in [2.05, 4.69) is 0 Å². The minimum absolute atomic E-state index is 0.0320. The van der Waals surface area contributed by atoms with Crippen molar-refractivity contribution in [1.82, 2.24) is 5.06 Å². The van der Waals surface area contributed by atoms with Crippen LogP contribution in [0.25, 0.3) is 11.0 Å². The van der Waals surface area contributed by atoms with Crippen LogP contribution in [-0.2, 0) is 16.1 Å². The van der Waals surface area contributed by atoms with Crippen molar-refractivity contribution in [3.63, 3.8) is 0 Å². The van der Waals surface area contributed by atoms with E-state index in [9.17, 15) is 9.59 Å². The van der Waals surface area contributed by atoms with E-state index in [1.807, 2.05) is 6.07 Å². The molecule has 1 aromatic carbocycles. The Bertz CT molecular complexity index is 630. The van der Waals surface area contributed by atoms with E-state index in [1.165, 1.54) is 11.1 Å². The zero-order valence-corrected chi connectivity index (χ0v) is 10.2. The van der Waals surface area contributed by atoms with E-state index < -0.39 is 11.6 Å². The van der Waals surface area contributed by atoms with Crippen molar-refractivity contribution < 1.29 is 14.0 Å². The van der Waals surface area contributed by atoms with Gasteiger partial charge < -0.3 is 9.25 Å². The van der Waals surface area contributed by atoms with E-state index in [0.29, 0.717) is 11.1 Å². The fourth-order valence-electron chi connectivity index (χ4n) is 1.72. The van der Waals surface area contributed by atoms with Gasteiger partial charge in [-0.25, -0.2) is 9.59 Å². The molecule has 1 heterocycles. The quantitative estimate of drug-likeness (QED) is 0.605. The average Bonchev–Trinajstić information content (AvgIpc) is 2.27. The maximum atomic E-state index is 11.6. The van der Waals surface area contributed by atoms with Crippen LogP contribution in [0.2, 0.25) is 0 Å². The molecule has 94 valence electrons. The molecule has 18 heavy (non-hydrogen) atoms. The third-order valence-electron chi connectivity index (χ3n) is 2.35. The van der Waals surface area contributed by atoms with E-state index in [1.54, 1.807) is 32.3 Å². The molecule has 0 aliphatic heterocycles. The Hall–Kier alpha value is -2.14. The van der Waals surface area contributed by atoms with Crippen LogP contribution in [0.3, 0.4) is 0 Å². The summed E-state index contributed by atoms with van der Waals surface area (Å²) in [5.41, 5.74) is 0.604. The van der Waals surface area contributed by atoms with Crippen LogP contribution < -0.4 is 5.63 Å². The van der Waals surface area contributed by atoms with Crippen molar-refractivity contribution in [1.29, 1.82) is 0 Å². The summed E-state index contributed by atoms with van der Waals surface area (Å²) in [5.74, 6) is -0.421. The minimum Gasteiger partial charge on any atom is -0.423 e. The maximum Gasteiger partial charge on any atom is 0.336 e. The zero-order chi connectivity index (χ0) is 13.1. The lowest BCUT2D eigenvalue weighted by atomic mass is 10.1. The normalized spacial score (nSPS) is 10.8. The van der Waals surface area contributed by atoms with Crippen LogP contribution in [0.15, 0.2) is 39.5 Å². The summed E-state index contributed by atoms with van der Waals surface area (Å²) in [6.45, 7) is 0. The Kier molecular flexibility index (Phi) is 3.43. The van der Waals surface area contributed by atoms with Gasteiger partial charge in [0.15, 0.2) is 0 Å². The molecule has 0 radical (unpaired) electrons. The Balaban J connectivity index is 2.38. The number of para-hydroxylation sites is 1. The van der Waals surface area contributed by atoms with Crippen LogP contribution in [0, 0.1) is 0 Å². The summed E-state index contributed by atoms with van der Waals surface area (Å²) >= 11 is 0. The molecule has 1 aromatic heterocycles. The van der Waals surface area contributed by atoms with Crippen molar-refractivity contribution in [3.8, 4) is 0 Å². The molecule has 0 spiro atoms. The van der Waals surface area contributed by atoms with Crippen LogP contribution >= 0.6 is 0 Å². The first-order chi connectivity index (χ1) is 8.56. The number of hydroxylamine groups is 2. The Morgan fingerprint density at radius 3 is 2.78 bits per heavy atom. The highest BCUT2D eigenvalue weighted by Gasteiger charge is 2.11. The molecule has 2 aromatic rings. The fourth-order valence-corrected chi connectivity index (χ4v) is 1.72. The zero-order valence-electron chi connectivity index (χ0n) is 10.2. The third-order valence-corrected chi connectivity index (χ3v) is 2.35. The van der Waals surface area contributed by atoms with Gasteiger partial charge in [0.25, 0.3) is 0 Å². The van der Waals surface area contributed by atoms with Crippen molar-refractivity contribution in [2.45, 2.75) is 6.42 Å². The Labute approximate surface area is 104 Å². The smallest absolute Gasteiger partial charge is 0.336 e.